The van der Waals surface area contributed by atoms with Crippen LogP contribution in [-0.4, -0.2) is 101 Å². The molecule has 2 amide bonds. The number of ether oxygens (including phenoxy) is 1. The molecule has 0 spiro atoms. The molecule has 4 aromatic rings. The van der Waals surface area contributed by atoms with E-state index >= 15 is 0 Å². The molecule has 366 valence electrons. The first-order valence-corrected chi connectivity index (χ1v) is 22.8. The highest BCUT2D eigenvalue weighted by Crippen LogP contribution is 2.44. The van der Waals surface area contributed by atoms with Gasteiger partial charge in [0.15, 0.2) is 11.4 Å². The van der Waals surface area contributed by atoms with Crippen LogP contribution in [0, 0.1) is 28.9 Å². The van der Waals surface area contributed by atoms with Gasteiger partial charge >= 0.3 is 24.4 Å². The number of aliphatic carboxylic acids is 1. The summed E-state index contributed by atoms with van der Waals surface area (Å²) in [6.45, 7) is -1.38. The fourth-order valence-corrected chi connectivity index (χ4v) is 7.80. The molecule has 27 heteroatoms. The molecule has 0 saturated heterocycles. The maximum Gasteiger partial charge on any atom is 0.458 e. The van der Waals surface area contributed by atoms with E-state index in [-0.39, 0.29) is 32.4 Å². The number of rotatable bonds is 15. The molecule has 0 radical (unpaired) electrons. The van der Waals surface area contributed by atoms with Gasteiger partial charge in [0.05, 0.1) is 57.5 Å². The minimum atomic E-state index is -5.34. The highest BCUT2D eigenvalue weighted by Gasteiger charge is 2.48. The lowest BCUT2D eigenvalue weighted by Crippen LogP contribution is -2.40. The zero-order valence-electron chi connectivity index (χ0n) is 35.5. The fraction of sp³-hybridized carbons (Fsp3) is 0.366. The van der Waals surface area contributed by atoms with E-state index in [0.29, 0.717) is 10.7 Å². The summed E-state index contributed by atoms with van der Waals surface area (Å²) in [5.41, 5.74) is -6.40. The number of carbonyl (C=O) groups excluding carboxylic acids is 2. The third-order valence-corrected chi connectivity index (χ3v) is 12.6. The molecule has 3 atom stereocenters. The summed E-state index contributed by atoms with van der Waals surface area (Å²) in [5, 5.41) is 24.0. The van der Waals surface area contributed by atoms with Crippen molar-refractivity contribution >= 4 is 74.5 Å². The second-order valence-corrected chi connectivity index (χ2v) is 18.9. The minimum absolute atomic E-state index is 0.167. The lowest BCUT2D eigenvalue weighted by Gasteiger charge is -2.24. The van der Waals surface area contributed by atoms with Crippen LogP contribution in [0.25, 0.3) is 22.0 Å². The number of benzene rings is 2. The second kappa shape index (κ2) is 20.5. The number of hydrogen-bond donors (Lipinski definition) is 4. The first-order chi connectivity index (χ1) is 31.4. The Kier molecular flexibility index (Phi) is 16.0. The number of carboxylic acid groups (broad SMARTS) is 1. The van der Waals surface area contributed by atoms with Gasteiger partial charge in [0.25, 0.3) is 5.92 Å². The molecule has 1 aliphatic carbocycles. The Labute approximate surface area is 390 Å². The standard InChI is InChI=1S/C41H36ClF10N7O7S2/c1-38(2,67(3)64)11-9-23-5-6-24(25-7-8-27(42)31-33(25)58(19-40(47,48)49)57-36(31)59(68(4)65)37(63)66-18-30(61)62)32(55-23)28(15-20-13-21(43)16-22(44)14-20)56-29(60)17-54-35-26(10-12-39(35,45)46)34(53)41(50,51)52/h5-8,13-14,16,28,53-54H,10,12,15,17-19H2,1-4H3,(H,56,60)(H,61,62). The summed E-state index contributed by atoms with van der Waals surface area (Å²) in [6.07, 6.45) is -12.5. The molecule has 0 fully saturated rings. The van der Waals surface area contributed by atoms with Crippen molar-refractivity contribution in [3.8, 4) is 23.0 Å². The number of nitrogens with one attached hydrogen (secondary N) is 3. The van der Waals surface area contributed by atoms with Gasteiger partial charge in [0.1, 0.15) is 35.8 Å². The SMILES string of the molecule is C[S+]([O-])N(C(=O)OCC(=O)O)c1nn(CC(F)(F)F)c2c(-c3ccc(C#CC(C)(C)[S+](C)[O-])nc3C(Cc3cc(F)cc(F)c3)NC(=O)CNC3=C(C(=N)C(F)(F)F)CCC3(F)F)ccc(Cl)c12. The number of fused-ring (bicyclic) bond motifs is 1. The Hall–Kier alpha value is -5.75. The van der Waals surface area contributed by atoms with E-state index in [1.807, 2.05) is 5.32 Å². The third-order valence-electron chi connectivity index (χ3n) is 9.91. The predicted octanol–water partition coefficient (Wildman–Crippen LogP) is 7.68. The van der Waals surface area contributed by atoms with Crippen molar-refractivity contribution in [2.24, 2.45) is 0 Å². The van der Waals surface area contributed by atoms with Crippen LogP contribution >= 0.6 is 11.6 Å². The maximum atomic E-state index is 15.0. The van der Waals surface area contributed by atoms with Crippen molar-refractivity contribution in [3.05, 3.63) is 87.3 Å². The number of carboxylic acids is 1. The number of anilines is 1. The Balaban J connectivity index is 1.79. The van der Waals surface area contributed by atoms with Gasteiger partial charge in [-0.05, 0) is 85.6 Å². The van der Waals surface area contributed by atoms with Crippen LogP contribution in [0.1, 0.15) is 49.7 Å². The van der Waals surface area contributed by atoms with Crippen LogP contribution < -0.4 is 14.9 Å². The van der Waals surface area contributed by atoms with Crippen molar-refractivity contribution in [3.63, 3.8) is 0 Å². The summed E-state index contributed by atoms with van der Waals surface area (Å²) in [7, 11) is 0. The summed E-state index contributed by atoms with van der Waals surface area (Å²) < 4.78 is 172. The molecule has 4 N–H and O–H groups in total. The van der Waals surface area contributed by atoms with E-state index in [0.717, 1.165) is 30.5 Å². The zero-order chi connectivity index (χ0) is 50.8. The molecule has 0 saturated carbocycles. The quantitative estimate of drug-likeness (QED) is 0.0395. The molecule has 2 aromatic heterocycles. The van der Waals surface area contributed by atoms with E-state index in [1.165, 1.54) is 32.2 Å². The van der Waals surface area contributed by atoms with Gasteiger partial charge in [-0.15, -0.1) is 5.10 Å². The van der Waals surface area contributed by atoms with E-state index in [4.69, 9.17) is 22.1 Å². The number of carbonyl (C=O) groups is 3. The zero-order valence-corrected chi connectivity index (χ0v) is 37.9. The van der Waals surface area contributed by atoms with Crippen molar-refractivity contribution in [2.45, 2.75) is 68.7 Å². The Bertz CT molecular complexity index is 2720. The number of allylic oxidation sites excluding steroid dienone is 2. The monoisotopic (exact) mass is 1030 g/mol. The average Bonchev–Trinajstić information content (AvgIpc) is 3.72. The van der Waals surface area contributed by atoms with E-state index in [9.17, 15) is 67.4 Å². The normalized spacial score (nSPS) is 15.3. The van der Waals surface area contributed by atoms with E-state index in [1.54, 1.807) is 0 Å². The lowest BCUT2D eigenvalue weighted by atomic mass is 9.93. The summed E-state index contributed by atoms with van der Waals surface area (Å²) in [5.74, 6) is -4.47. The molecule has 14 nitrogen and oxygen atoms in total. The summed E-state index contributed by atoms with van der Waals surface area (Å²) >= 11 is 2.46. The van der Waals surface area contributed by atoms with Gasteiger partial charge in [-0.2, -0.15) is 35.1 Å². The molecular formula is C41H36ClF10N7O7S2. The molecule has 5 rings (SSSR count). The van der Waals surface area contributed by atoms with Crippen molar-refractivity contribution in [1.82, 2.24) is 25.4 Å². The van der Waals surface area contributed by atoms with Crippen molar-refractivity contribution in [1.29, 1.82) is 5.41 Å². The van der Waals surface area contributed by atoms with Crippen LogP contribution in [0.4, 0.5) is 54.5 Å². The summed E-state index contributed by atoms with van der Waals surface area (Å²) in [6, 6.07) is 5.15. The molecule has 0 bridgehead atoms. The number of amides is 2. The van der Waals surface area contributed by atoms with Gasteiger partial charge in [-0.25, -0.2) is 23.4 Å². The number of halogens is 11. The van der Waals surface area contributed by atoms with Crippen LogP contribution in [0.15, 0.2) is 53.7 Å². The molecule has 1 aliphatic rings. The Morgan fingerprint density at radius 3 is 2.25 bits per heavy atom. The van der Waals surface area contributed by atoms with Gasteiger partial charge in [-0.1, -0.05) is 22.0 Å². The number of pyridine rings is 1. The molecule has 0 aliphatic heterocycles. The van der Waals surface area contributed by atoms with Crippen LogP contribution in [-0.2, 0) is 49.8 Å². The highest BCUT2D eigenvalue weighted by atomic mass is 35.5. The number of nitrogens with zero attached hydrogens (tertiary/aromatic N) is 4. The van der Waals surface area contributed by atoms with E-state index in [2.05, 4.69) is 32.0 Å². The maximum absolute atomic E-state index is 15.0. The first-order valence-electron chi connectivity index (χ1n) is 19.3. The van der Waals surface area contributed by atoms with Gasteiger partial charge in [-0.3, -0.25) is 14.9 Å². The second-order valence-electron chi connectivity index (χ2n) is 15.3. The average molecular weight is 1030 g/mol. The molecular weight excluding hydrogens is 992 g/mol. The van der Waals surface area contributed by atoms with Gasteiger partial charge < -0.3 is 29.6 Å². The number of alkyl halides is 8. The largest absolute Gasteiger partial charge is 0.615 e. The third kappa shape index (κ3) is 12.7. The lowest BCUT2D eigenvalue weighted by molar-refractivity contribution is -0.142. The molecule has 68 heavy (non-hydrogen) atoms. The molecule has 2 aromatic carbocycles. The minimum Gasteiger partial charge on any atom is -0.615 e. The molecule has 3 unspecified atom stereocenters. The van der Waals surface area contributed by atoms with Crippen LogP contribution in [0.5, 0.6) is 0 Å². The van der Waals surface area contributed by atoms with Gasteiger partial charge in [0, 0.05) is 29.2 Å². The topological polar surface area (TPSA) is 209 Å². The summed E-state index contributed by atoms with van der Waals surface area (Å²) in [4.78, 5) is 42.7. The smallest absolute Gasteiger partial charge is 0.458 e. The fourth-order valence-electron chi connectivity index (χ4n) is 6.73. The highest BCUT2D eigenvalue weighted by molar-refractivity contribution is 7.93. The first kappa shape index (κ1) is 53.2. The Morgan fingerprint density at radius 1 is 1.04 bits per heavy atom. The molecule has 2 heterocycles. The van der Waals surface area contributed by atoms with E-state index < -0.39 is 159 Å². The van der Waals surface area contributed by atoms with Crippen LogP contribution in [0.3, 0.4) is 0 Å². The van der Waals surface area contributed by atoms with Crippen molar-refractivity contribution in [2.75, 3.05) is 30.0 Å². The van der Waals surface area contributed by atoms with Crippen molar-refractivity contribution < 1.29 is 77.2 Å². The van der Waals surface area contributed by atoms with Crippen LogP contribution in [0.2, 0.25) is 5.02 Å². The Morgan fingerprint density at radius 2 is 1.68 bits per heavy atom. The number of hydrogen-bond acceptors (Lipinski definition) is 10. The predicted molar refractivity (Wildman–Crippen MR) is 229 cm³/mol. The van der Waals surface area contributed by atoms with Gasteiger partial charge in [0.2, 0.25) is 11.7 Å². The number of aromatic nitrogens is 3.